The standard InChI is InChI=1S/C13H10BrNO2/c14-9-1-7-12(13(17)8-2-9)15-10-3-5-11(16)6-4-10/h1-8,16H,(H,15,17). The lowest BCUT2D eigenvalue weighted by Gasteiger charge is -2.03. The molecule has 2 aromatic carbocycles. The third kappa shape index (κ3) is 3.07. The van der Waals surface area contributed by atoms with E-state index in [-0.39, 0.29) is 11.2 Å². The zero-order chi connectivity index (χ0) is 12.3. The zero-order valence-electron chi connectivity index (χ0n) is 8.85. The fourth-order valence-electron chi connectivity index (χ4n) is 1.35. The maximum absolute atomic E-state index is 11.7. The highest BCUT2D eigenvalue weighted by molar-refractivity contribution is 9.10. The van der Waals surface area contributed by atoms with Gasteiger partial charge >= 0.3 is 0 Å². The second kappa shape index (κ2) is 5.01. The van der Waals surface area contributed by atoms with Crippen molar-refractivity contribution in [2.24, 2.45) is 0 Å². The molecule has 0 radical (unpaired) electrons. The van der Waals surface area contributed by atoms with E-state index in [1.165, 1.54) is 6.07 Å². The van der Waals surface area contributed by atoms with Crippen LogP contribution in [0.4, 0.5) is 11.4 Å². The van der Waals surface area contributed by atoms with E-state index in [4.69, 9.17) is 5.11 Å². The zero-order valence-corrected chi connectivity index (χ0v) is 10.4. The summed E-state index contributed by atoms with van der Waals surface area (Å²) in [6.45, 7) is 0. The number of aromatic hydroxyl groups is 1. The number of phenols is 1. The van der Waals surface area contributed by atoms with E-state index in [0.29, 0.717) is 5.69 Å². The predicted octanol–water partition coefficient (Wildman–Crippen LogP) is 3.26. The summed E-state index contributed by atoms with van der Waals surface area (Å²) in [4.78, 5) is 11.7. The van der Waals surface area contributed by atoms with Crippen molar-refractivity contribution in [3.8, 4) is 5.75 Å². The van der Waals surface area contributed by atoms with E-state index in [9.17, 15) is 4.79 Å². The van der Waals surface area contributed by atoms with Crippen LogP contribution in [0.2, 0.25) is 0 Å². The first-order valence-corrected chi connectivity index (χ1v) is 5.80. The third-order valence-electron chi connectivity index (χ3n) is 2.21. The van der Waals surface area contributed by atoms with Crippen molar-refractivity contribution in [2.45, 2.75) is 0 Å². The van der Waals surface area contributed by atoms with Crippen LogP contribution in [0.25, 0.3) is 0 Å². The molecule has 0 unspecified atom stereocenters. The Balaban J connectivity index is 2.34. The van der Waals surface area contributed by atoms with E-state index in [1.54, 1.807) is 42.5 Å². The Labute approximate surface area is 107 Å². The van der Waals surface area contributed by atoms with Crippen molar-refractivity contribution in [1.82, 2.24) is 0 Å². The minimum Gasteiger partial charge on any atom is -0.508 e. The monoisotopic (exact) mass is 291 g/mol. The van der Waals surface area contributed by atoms with Gasteiger partial charge in [-0.05, 0) is 48.5 Å². The summed E-state index contributed by atoms with van der Waals surface area (Å²) in [5, 5.41) is 12.2. The molecule has 2 rings (SSSR count). The Hall–Kier alpha value is -1.81. The van der Waals surface area contributed by atoms with Gasteiger partial charge in [-0.3, -0.25) is 4.79 Å². The second-order valence-electron chi connectivity index (χ2n) is 3.50. The molecule has 0 heterocycles. The summed E-state index contributed by atoms with van der Waals surface area (Å²) in [6, 6.07) is 13.2. The van der Waals surface area contributed by atoms with Gasteiger partial charge < -0.3 is 10.4 Å². The van der Waals surface area contributed by atoms with Crippen molar-refractivity contribution >= 4 is 27.3 Å². The lowest BCUT2D eigenvalue weighted by atomic mass is 10.3. The van der Waals surface area contributed by atoms with Gasteiger partial charge in [-0.1, -0.05) is 15.9 Å². The molecule has 0 saturated carbocycles. The van der Waals surface area contributed by atoms with Gasteiger partial charge in [0.1, 0.15) is 5.75 Å². The first-order chi connectivity index (χ1) is 8.15. The molecule has 86 valence electrons. The first-order valence-electron chi connectivity index (χ1n) is 5.01. The summed E-state index contributed by atoms with van der Waals surface area (Å²) in [5.74, 6) is 0.194. The molecule has 0 aromatic heterocycles. The van der Waals surface area contributed by atoms with Crippen LogP contribution in [0.3, 0.4) is 0 Å². The quantitative estimate of drug-likeness (QED) is 0.835. The average Bonchev–Trinajstić information content (AvgIpc) is 2.47. The molecule has 0 saturated heterocycles. The van der Waals surface area contributed by atoms with Crippen LogP contribution >= 0.6 is 15.9 Å². The number of hydrogen-bond acceptors (Lipinski definition) is 3. The largest absolute Gasteiger partial charge is 0.508 e. The Morgan fingerprint density at radius 3 is 2.29 bits per heavy atom. The molecule has 0 atom stereocenters. The smallest absolute Gasteiger partial charge is 0.202 e. The summed E-state index contributed by atoms with van der Waals surface area (Å²) in [5.41, 5.74) is 1.15. The molecule has 0 spiro atoms. The average molecular weight is 292 g/mol. The molecule has 0 fully saturated rings. The molecular formula is C13H10BrNO2. The second-order valence-corrected chi connectivity index (χ2v) is 4.42. The molecule has 0 aliphatic carbocycles. The molecule has 3 nitrogen and oxygen atoms in total. The molecule has 17 heavy (non-hydrogen) atoms. The van der Waals surface area contributed by atoms with E-state index in [2.05, 4.69) is 21.2 Å². The van der Waals surface area contributed by atoms with E-state index >= 15 is 0 Å². The van der Waals surface area contributed by atoms with Crippen molar-refractivity contribution < 1.29 is 5.11 Å². The van der Waals surface area contributed by atoms with Crippen LogP contribution in [0.15, 0.2) is 57.8 Å². The summed E-state index contributed by atoms with van der Waals surface area (Å²) < 4.78 is 0.841. The van der Waals surface area contributed by atoms with Gasteiger partial charge in [0.15, 0.2) is 0 Å². The van der Waals surface area contributed by atoms with Crippen molar-refractivity contribution in [3.63, 3.8) is 0 Å². The van der Waals surface area contributed by atoms with Crippen LogP contribution < -0.4 is 10.7 Å². The maximum Gasteiger partial charge on any atom is 0.202 e. The highest BCUT2D eigenvalue weighted by Gasteiger charge is 1.98. The van der Waals surface area contributed by atoms with Crippen LogP contribution in [-0.4, -0.2) is 5.11 Å². The Kier molecular flexibility index (Phi) is 3.44. The van der Waals surface area contributed by atoms with Gasteiger partial charge in [0.25, 0.3) is 0 Å². The normalized spacial score (nSPS) is 9.94. The molecule has 0 amide bonds. The van der Waals surface area contributed by atoms with Gasteiger partial charge in [-0.2, -0.15) is 0 Å². The molecule has 2 aromatic rings. The Bertz CT molecular complexity index is 582. The summed E-state index contributed by atoms with van der Waals surface area (Å²) in [7, 11) is 0. The molecule has 0 aliphatic heterocycles. The SMILES string of the molecule is O=c1ccc(Br)ccc1Nc1ccc(O)cc1. The number of benzene rings is 1. The van der Waals surface area contributed by atoms with Crippen molar-refractivity contribution in [2.75, 3.05) is 5.32 Å². The lowest BCUT2D eigenvalue weighted by Crippen LogP contribution is -2.03. The van der Waals surface area contributed by atoms with Gasteiger partial charge in [0.05, 0.1) is 5.69 Å². The van der Waals surface area contributed by atoms with Gasteiger partial charge in [0.2, 0.25) is 5.43 Å². The number of phenolic OH excluding ortho intramolecular Hbond substituents is 1. The minimum absolute atomic E-state index is 0.0937. The lowest BCUT2D eigenvalue weighted by molar-refractivity contribution is 0.475. The van der Waals surface area contributed by atoms with Gasteiger partial charge in [-0.25, -0.2) is 0 Å². The summed E-state index contributed by atoms with van der Waals surface area (Å²) >= 11 is 3.30. The predicted molar refractivity (Wildman–Crippen MR) is 71.8 cm³/mol. The molecule has 4 heteroatoms. The highest BCUT2D eigenvalue weighted by atomic mass is 79.9. The van der Waals surface area contributed by atoms with Gasteiger partial charge in [0, 0.05) is 10.2 Å². The molecular weight excluding hydrogens is 282 g/mol. The molecule has 0 bridgehead atoms. The third-order valence-corrected chi connectivity index (χ3v) is 2.74. The van der Waals surface area contributed by atoms with E-state index in [0.717, 1.165) is 10.2 Å². The number of halogens is 1. The topological polar surface area (TPSA) is 49.3 Å². The Morgan fingerprint density at radius 1 is 0.941 bits per heavy atom. The van der Waals surface area contributed by atoms with Crippen molar-refractivity contribution in [1.29, 1.82) is 0 Å². The Morgan fingerprint density at radius 2 is 1.59 bits per heavy atom. The van der Waals surface area contributed by atoms with E-state index in [1.807, 2.05) is 0 Å². The fourth-order valence-corrected chi connectivity index (χ4v) is 1.61. The number of hydrogen-bond donors (Lipinski definition) is 2. The van der Waals surface area contributed by atoms with Crippen LogP contribution in [-0.2, 0) is 0 Å². The number of nitrogens with one attached hydrogen (secondary N) is 1. The number of rotatable bonds is 2. The first kappa shape index (κ1) is 11.7. The molecule has 0 aliphatic rings. The highest BCUT2D eigenvalue weighted by Crippen LogP contribution is 2.17. The number of anilines is 2. The summed E-state index contributed by atoms with van der Waals surface area (Å²) in [6.07, 6.45) is 0. The molecule has 2 N–H and O–H groups in total. The minimum atomic E-state index is -0.0937. The van der Waals surface area contributed by atoms with Crippen LogP contribution in [0.5, 0.6) is 5.75 Å². The van der Waals surface area contributed by atoms with Crippen LogP contribution in [0.1, 0.15) is 0 Å². The maximum atomic E-state index is 11.7. The van der Waals surface area contributed by atoms with Crippen LogP contribution in [0, 0.1) is 0 Å². The van der Waals surface area contributed by atoms with Gasteiger partial charge in [-0.15, -0.1) is 0 Å². The van der Waals surface area contributed by atoms with Crippen molar-refractivity contribution in [3.05, 3.63) is 63.2 Å². The van der Waals surface area contributed by atoms with E-state index < -0.39 is 0 Å². The fraction of sp³-hybridized carbons (Fsp3) is 0.